The van der Waals surface area contributed by atoms with Gasteiger partial charge in [0.05, 0.1) is 77.4 Å². The van der Waals surface area contributed by atoms with E-state index in [9.17, 15) is 14.4 Å². The van der Waals surface area contributed by atoms with Crippen molar-refractivity contribution in [1.82, 2.24) is 44.9 Å². The third-order valence-electron chi connectivity index (χ3n) is 14.0. The average Bonchev–Trinajstić information content (AvgIpc) is 4.06. The van der Waals surface area contributed by atoms with Crippen LogP contribution in [0.25, 0.3) is 44.7 Å². The van der Waals surface area contributed by atoms with Gasteiger partial charge in [-0.25, -0.2) is 19.2 Å². The second kappa shape index (κ2) is 18.8. The number of halogens is 1. The van der Waals surface area contributed by atoms with Crippen LogP contribution in [0.3, 0.4) is 0 Å². The molecule has 4 N–H and O–H groups in total. The number of hydrogen-bond donors (Lipinski definition) is 4. The summed E-state index contributed by atoms with van der Waals surface area (Å²) >= 11 is 1.75. The minimum absolute atomic E-state index is 0.0128. The Bertz CT molecular complexity index is 2840. The molecule has 3 aliphatic heterocycles. The third-order valence-corrected chi connectivity index (χ3v) is 15.2. The topological polar surface area (TPSA) is 172 Å². The maximum Gasteiger partial charge on any atom is 0.407 e. The number of likely N-dealkylation sites (tertiary alicyclic amines) is 2. The molecule has 68 heavy (non-hydrogen) atoms. The van der Waals surface area contributed by atoms with Crippen LogP contribution in [0.15, 0.2) is 60.9 Å². The number of rotatable bonds is 15. The fraction of sp³-hybridized carbons (Fsp3) is 0.471. The SMILES string of the molecule is COCN[C@H](C(=O)N1CCC[C@H]1c1ncc(-c2cc(F)c3c(c2)OC(c2ccc(CC4CC4)s2)n2c-3cc3cc(-c4cnc([C@@H]5CCCN5C(=O)[C@@H](NC(=O)OC)C(C)C)[nH]4)ccc32)[nH]1)C(C)C. The molecule has 3 amide bonds. The van der Waals surface area contributed by atoms with Crippen molar-refractivity contribution in [3.8, 4) is 39.5 Å². The van der Waals surface area contributed by atoms with Crippen LogP contribution in [0.1, 0.15) is 106 Å². The lowest BCUT2D eigenvalue weighted by atomic mass is 10.0. The summed E-state index contributed by atoms with van der Waals surface area (Å²) in [7, 11) is 2.89. The number of methoxy groups -OCH3 is 2. The Hall–Kier alpha value is -6.04. The van der Waals surface area contributed by atoms with Crippen molar-refractivity contribution in [3.63, 3.8) is 0 Å². The Kier molecular flexibility index (Phi) is 12.6. The molecule has 7 heterocycles. The molecule has 1 aliphatic carbocycles. The number of aromatic nitrogens is 5. The van der Waals surface area contributed by atoms with Gasteiger partial charge < -0.3 is 39.3 Å². The van der Waals surface area contributed by atoms with Crippen molar-refractivity contribution in [2.75, 3.05) is 34.0 Å². The standard InChI is InChI=1S/C51H60FN9O6S/c1-27(2)44(55-26-65-5)48(62)59-17-7-9-38(59)47-54-25-36(57-47)31-21-34(52)43-40-22-32-20-30(13-15-37(32)61(40)50(67-41(43)23-31)42-16-14-33(68-42)19-29-11-12-29)35-24-53-46(56-35)39-10-8-18-60(39)49(63)45(28(3)4)58-51(64)66-6/h13-16,20-25,27-29,38-39,44-45,50,55H,7-12,17-19,26H2,1-6H3,(H,53,56)(H,54,57)(H,58,64)/t38-,39-,44-,45-,50?/m0/s1. The number of thiophene rings is 1. The molecule has 15 nitrogen and oxygen atoms in total. The monoisotopic (exact) mass is 945 g/mol. The van der Waals surface area contributed by atoms with Gasteiger partial charge in [-0.15, -0.1) is 11.3 Å². The van der Waals surface area contributed by atoms with E-state index in [-0.39, 0.29) is 42.5 Å². The largest absolute Gasteiger partial charge is 0.464 e. The molecule has 2 aromatic carbocycles. The van der Waals surface area contributed by atoms with Crippen LogP contribution < -0.4 is 15.4 Å². The minimum atomic E-state index is -0.730. The van der Waals surface area contributed by atoms with Crippen molar-refractivity contribution in [3.05, 3.63) is 88.1 Å². The summed E-state index contributed by atoms with van der Waals surface area (Å²) in [4.78, 5) is 62.3. The Morgan fingerprint density at radius 1 is 0.838 bits per heavy atom. The average molecular weight is 946 g/mol. The molecule has 0 radical (unpaired) electrons. The summed E-state index contributed by atoms with van der Waals surface area (Å²) < 4.78 is 36.0. The molecule has 17 heteroatoms. The minimum Gasteiger partial charge on any atom is -0.464 e. The number of amides is 3. The number of carbonyl (C=O) groups is 3. The first-order valence-corrected chi connectivity index (χ1v) is 24.7. The molecule has 3 fully saturated rings. The summed E-state index contributed by atoms with van der Waals surface area (Å²) in [5, 5.41) is 6.86. The molecule has 4 aromatic heterocycles. The second-order valence-corrected chi connectivity index (χ2v) is 20.6. The summed E-state index contributed by atoms with van der Waals surface area (Å²) in [6.07, 6.45) is 9.06. The van der Waals surface area contributed by atoms with E-state index in [4.69, 9.17) is 24.2 Å². The first kappa shape index (κ1) is 45.7. The maximum absolute atomic E-state index is 16.9. The highest BCUT2D eigenvalue weighted by atomic mass is 32.1. The lowest BCUT2D eigenvalue weighted by Gasteiger charge is -2.30. The molecular formula is C51H60FN9O6S. The molecule has 10 rings (SSSR count). The second-order valence-electron chi connectivity index (χ2n) is 19.4. The van der Waals surface area contributed by atoms with Crippen molar-refractivity contribution < 1.29 is 33.0 Å². The number of fused-ring (bicyclic) bond motifs is 5. The number of aromatic amines is 2. The molecule has 1 unspecified atom stereocenters. The van der Waals surface area contributed by atoms with E-state index < -0.39 is 30.2 Å². The Morgan fingerprint density at radius 2 is 1.50 bits per heavy atom. The van der Waals surface area contributed by atoms with Crippen molar-refractivity contribution in [1.29, 1.82) is 0 Å². The van der Waals surface area contributed by atoms with Crippen LogP contribution in [0.4, 0.5) is 9.18 Å². The number of imidazole rings is 2. The van der Waals surface area contributed by atoms with Crippen LogP contribution in [0, 0.1) is 23.6 Å². The molecule has 2 saturated heterocycles. The summed E-state index contributed by atoms with van der Waals surface area (Å²) in [5.74, 6) is 1.85. The van der Waals surface area contributed by atoms with E-state index in [0.29, 0.717) is 53.0 Å². The molecule has 5 atom stereocenters. The highest BCUT2D eigenvalue weighted by Gasteiger charge is 2.39. The predicted molar refractivity (Wildman–Crippen MR) is 257 cm³/mol. The van der Waals surface area contributed by atoms with Gasteiger partial charge >= 0.3 is 6.09 Å². The maximum atomic E-state index is 16.9. The smallest absolute Gasteiger partial charge is 0.407 e. The Labute approximate surface area is 399 Å². The zero-order valence-electron chi connectivity index (χ0n) is 39.4. The number of H-pyrrole nitrogens is 2. The fourth-order valence-electron chi connectivity index (χ4n) is 10.3. The number of benzene rings is 2. The van der Waals surface area contributed by atoms with E-state index in [2.05, 4.69) is 49.4 Å². The molecule has 1 saturated carbocycles. The van der Waals surface area contributed by atoms with E-state index in [1.165, 1.54) is 30.9 Å². The molecular weight excluding hydrogens is 886 g/mol. The first-order chi connectivity index (χ1) is 32.9. The van der Waals surface area contributed by atoms with Crippen molar-refractivity contribution in [2.24, 2.45) is 17.8 Å². The lowest BCUT2D eigenvalue weighted by molar-refractivity contribution is -0.136. The normalized spacial score (nSPS) is 19.9. The van der Waals surface area contributed by atoms with Crippen molar-refractivity contribution >= 4 is 40.1 Å². The number of carbonyl (C=O) groups excluding carboxylic acids is 3. The predicted octanol–water partition coefficient (Wildman–Crippen LogP) is 9.11. The summed E-state index contributed by atoms with van der Waals surface area (Å²) in [6.45, 7) is 9.30. The van der Waals surface area contributed by atoms with Crippen LogP contribution in [-0.4, -0.2) is 98.3 Å². The van der Waals surface area contributed by atoms with Gasteiger partial charge in [0.15, 0.2) is 0 Å². The Morgan fingerprint density at radius 3 is 2.13 bits per heavy atom. The molecule has 6 aromatic rings. The number of nitrogens with zero attached hydrogens (tertiary/aromatic N) is 5. The number of alkyl carbamates (subject to hydrolysis) is 1. The van der Waals surface area contributed by atoms with Crippen molar-refractivity contribution in [2.45, 2.75) is 103 Å². The zero-order valence-corrected chi connectivity index (χ0v) is 40.3. The molecule has 0 bridgehead atoms. The van der Waals surface area contributed by atoms with Gasteiger partial charge in [-0.3, -0.25) is 19.5 Å². The first-order valence-electron chi connectivity index (χ1n) is 23.9. The van der Waals surface area contributed by atoms with Gasteiger partial charge in [0, 0.05) is 41.6 Å². The van der Waals surface area contributed by atoms with Gasteiger partial charge in [0.2, 0.25) is 18.0 Å². The zero-order chi connectivity index (χ0) is 47.4. The van der Waals surface area contributed by atoms with E-state index in [1.54, 1.807) is 35.7 Å². The van der Waals surface area contributed by atoms with E-state index in [1.807, 2.05) is 50.8 Å². The van der Waals surface area contributed by atoms with Crippen LogP contribution in [0.5, 0.6) is 5.75 Å². The van der Waals surface area contributed by atoms with Gasteiger partial charge in [0.1, 0.15) is 29.3 Å². The molecule has 0 spiro atoms. The van der Waals surface area contributed by atoms with E-state index >= 15 is 4.39 Å². The van der Waals surface area contributed by atoms with Crippen LogP contribution >= 0.6 is 11.3 Å². The highest BCUT2D eigenvalue weighted by molar-refractivity contribution is 7.12. The van der Waals surface area contributed by atoms with Crippen LogP contribution in [-0.2, 0) is 25.5 Å². The van der Waals surface area contributed by atoms with Gasteiger partial charge in [-0.2, -0.15) is 0 Å². The number of hydrogen-bond acceptors (Lipinski definition) is 10. The highest BCUT2D eigenvalue weighted by Crippen LogP contribution is 2.49. The van der Waals surface area contributed by atoms with Crippen LogP contribution in [0.2, 0.25) is 0 Å². The van der Waals surface area contributed by atoms with Gasteiger partial charge in [-0.1, -0.05) is 33.8 Å². The third kappa shape index (κ3) is 8.68. The number of ether oxygens (including phenoxy) is 3. The molecule has 4 aliphatic rings. The summed E-state index contributed by atoms with van der Waals surface area (Å²) in [6, 6.07) is 14.3. The van der Waals surface area contributed by atoms with E-state index in [0.717, 1.165) is 65.1 Å². The number of nitrogens with one attached hydrogen (secondary N) is 4. The fourth-order valence-corrected chi connectivity index (χ4v) is 11.5. The van der Waals surface area contributed by atoms with Gasteiger partial charge in [0.25, 0.3) is 0 Å². The lowest BCUT2D eigenvalue weighted by Crippen LogP contribution is -2.51. The summed E-state index contributed by atoms with van der Waals surface area (Å²) in [5.41, 5.74) is 4.91. The molecule has 358 valence electrons. The quantitative estimate of drug-likeness (QED) is 0.0733. The Balaban J connectivity index is 0.966. The van der Waals surface area contributed by atoms with Gasteiger partial charge in [-0.05, 0) is 105 Å².